The highest BCUT2D eigenvalue weighted by Gasteiger charge is 2.42. The van der Waals surface area contributed by atoms with Gasteiger partial charge in [-0.1, -0.05) is 6.92 Å². The first-order chi connectivity index (χ1) is 11.1. The molecule has 10 heteroatoms. The molecular weight excluding hydrogens is 377 g/mol. The Labute approximate surface area is 146 Å². The number of benzene rings is 1. The number of nitrogens with one attached hydrogen (secondary N) is 1. The molecule has 0 spiro atoms. The summed E-state index contributed by atoms with van der Waals surface area (Å²) < 4.78 is 92.5. The van der Waals surface area contributed by atoms with Crippen molar-refractivity contribution in [1.29, 1.82) is 0 Å². The van der Waals surface area contributed by atoms with Gasteiger partial charge in [-0.05, 0) is 18.6 Å². The van der Waals surface area contributed by atoms with Crippen LogP contribution in [-0.2, 0) is 12.4 Å². The van der Waals surface area contributed by atoms with Gasteiger partial charge in [-0.25, -0.2) is 4.39 Å². The second kappa shape index (κ2) is 8.09. The van der Waals surface area contributed by atoms with Crippen molar-refractivity contribution < 1.29 is 30.7 Å². The zero-order valence-corrected chi connectivity index (χ0v) is 14.1. The van der Waals surface area contributed by atoms with Gasteiger partial charge >= 0.3 is 12.4 Å². The first kappa shape index (κ1) is 22.0. The Kier molecular flexibility index (Phi) is 7.12. The summed E-state index contributed by atoms with van der Waals surface area (Å²) in [5.41, 5.74) is -3.90. The molecule has 1 aliphatic heterocycles. The van der Waals surface area contributed by atoms with Crippen LogP contribution in [0.1, 0.15) is 36.1 Å². The summed E-state index contributed by atoms with van der Waals surface area (Å²) in [6.07, 6.45) is -9.96. The fourth-order valence-corrected chi connectivity index (χ4v) is 2.99. The molecule has 0 amide bonds. The molecule has 1 heterocycles. The SMILES string of the molecule is CC[C@@H](c1c(F)cc(C(F)(F)F)cc1C(F)(F)F)N1CCNCC1.Cl. The Morgan fingerprint density at radius 1 is 1.04 bits per heavy atom. The van der Waals surface area contributed by atoms with Gasteiger partial charge in [0.05, 0.1) is 11.1 Å². The third kappa shape index (κ3) is 4.98. The minimum atomic E-state index is -5.07. The molecule has 2 rings (SSSR count). The minimum Gasteiger partial charge on any atom is -0.314 e. The maximum atomic E-state index is 14.3. The molecule has 1 aliphatic rings. The lowest BCUT2D eigenvalue weighted by Crippen LogP contribution is -2.45. The summed E-state index contributed by atoms with van der Waals surface area (Å²) in [7, 11) is 0. The third-order valence-electron chi connectivity index (χ3n) is 4.07. The van der Waals surface area contributed by atoms with Gasteiger partial charge in [0.25, 0.3) is 0 Å². The molecule has 25 heavy (non-hydrogen) atoms. The molecule has 0 aromatic heterocycles. The zero-order valence-electron chi connectivity index (χ0n) is 13.3. The molecule has 1 aromatic carbocycles. The van der Waals surface area contributed by atoms with E-state index in [9.17, 15) is 30.7 Å². The normalized spacial score (nSPS) is 17.9. The second-order valence-corrected chi connectivity index (χ2v) is 5.62. The summed E-state index contributed by atoms with van der Waals surface area (Å²) >= 11 is 0. The maximum absolute atomic E-state index is 14.3. The molecule has 144 valence electrons. The van der Waals surface area contributed by atoms with Crippen LogP contribution in [0.3, 0.4) is 0 Å². The van der Waals surface area contributed by atoms with Crippen LogP contribution in [0.5, 0.6) is 0 Å². The van der Waals surface area contributed by atoms with Gasteiger partial charge < -0.3 is 5.32 Å². The topological polar surface area (TPSA) is 15.3 Å². The van der Waals surface area contributed by atoms with Gasteiger partial charge in [0.2, 0.25) is 0 Å². The minimum absolute atomic E-state index is 0. The van der Waals surface area contributed by atoms with E-state index in [1.54, 1.807) is 11.8 Å². The highest BCUT2D eigenvalue weighted by atomic mass is 35.5. The van der Waals surface area contributed by atoms with Crippen molar-refractivity contribution in [2.45, 2.75) is 31.7 Å². The Hall–Kier alpha value is -1.06. The molecule has 1 saturated heterocycles. The predicted molar refractivity (Wildman–Crippen MR) is 81.1 cm³/mol. The average molecular weight is 395 g/mol. The first-order valence-electron chi connectivity index (χ1n) is 7.48. The lowest BCUT2D eigenvalue weighted by molar-refractivity contribution is -0.144. The number of alkyl halides is 6. The monoisotopic (exact) mass is 394 g/mol. The molecule has 0 unspecified atom stereocenters. The van der Waals surface area contributed by atoms with E-state index >= 15 is 0 Å². The van der Waals surface area contributed by atoms with E-state index in [1.807, 2.05) is 0 Å². The molecule has 1 N–H and O–H groups in total. The number of nitrogens with zero attached hydrogens (tertiary/aromatic N) is 1. The van der Waals surface area contributed by atoms with Gasteiger partial charge in [-0.15, -0.1) is 12.4 Å². The maximum Gasteiger partial charge on any atom is 0.416 e. The average Bonchev–Trinajstić information content (AvgIpc) is 2.48. The Morgan fingerprint density at radius 3 is 2.04 bits per heavy atom. The molecular formula is C15H18ClF7N2. The van der Waals surface area contributed by atoms with E-state index in [1.165, 1.54) is 0 Å². The summed E-state index contributed by atoms with van der Waals surface area (Å²) in [5.74, 6) is -1.47. The number of halogens is 8. The number of hydrogen-bond acceptors (Lipinski definition) is 2. The molecule has 0 saturated carbocycles. The van der Waals surface area contributed by atoms with Crippen LogP contribution in [0.15, 0.2) is 12.1 Å². The second-order valence-electron chi connectivity index (χ2n) is 5.62. The quantitative estimate of drug-likeness (QED) is 0.751. The van der Waals surface area contributed by atoms with Crippen LogP contribution in [0.4, 0.5) is 30.7 Å². The van der Waals surface area contributed by atoms with Crippen molar-refractivity contribution >= 4 is 12.4 Å². The molecule has 1 fully saturated rings. The standard InChI is InChI=1S/C15H17F7N2.ClH/c1-2-12(24-5-3-23-4-6-24)13-10(15(20,21)22)7-9(8-11(13)16)14(17,18)19;/h7-8,12,23H,2-6H2,1H3;1H/t12-;/m0./s1. The largest absolute Gasteiger partial charge is 0.416 e. The van der Waals surface area contributed by atoms with Crippen molar-refractivity contribution in [3.05, 3.63) is 34.6 Å². The van der Waals surface area contributed by atoms with Gasteiger partial charge in [-0.2, -0.15) is 26.3 Å². The van der Waals surface area contributed by atoms with E-state index < -0.39 is 40.9 Å². The summed E-state index contributed by atoms with van der Waals surface area (Å²) in [5, 5.41) is 3.03. The summed E-state index contributed by atoms with van der Waals surface area (Å²) in [6.45, 7) is 3.44. The van der Waals surface area contributed by atoms with Crippen molar-refractivity contribution in [2.75, 3.05) is 26.2 Å². The number of piperazine rings is 1. The molecule has 2 nitrogen and oxygen atoms in total. The van der Waals surface area contributed by atoms with E-state index in [0.717, 1.165) is 0 Å². The number of hydrogen-bond donors (Lipinski definition) is 1. The zero-order chi connectivity index (χ0) is 18.1. The lowest BCUT2D eigenvalue weighted by Gasteiger charge is -2.36. The highest BCUT2D eigenvalue weighted by molar-refractivity contribution is 5.85. The number of rotatable bonds is 3. The van der Waals surface area contributed by atoms with Crippen molar-refractivity contribution in [3.8, 4) is 0 Å². The Balaban J connectivity index is 0.00000312. The fourth-order valence-electron chi connectivity index (χ4n) is 2.99. The van der Waals surface area contributed by atoms with Gasteiger partial charge in [0.15, 0.2) is 0 Å². The van der Waals surface area contributed by atoms with Gasteiger partial charge in [0.1, 0.15) is 5.82 Å². The lowest BCUT2D eigenvalue weighted by atomic mass is 9.93. The van der Waals surface area contributed by atoms with Crippen LogP contribution in [0.25, 0.3) is 0 Å². The fraction of sp³-hybridized carbons (Fsp3) is 0.600. The van der Waals surface area contributed by atoms with E-state index in [4.69, 9.17) is 0 Å². The highest BCUT2D eigenvalue weighted by Crippen LogP contribution is 2.42. The van der Waals surface area contributed by atoms with E-state index in [0.29, 0.717) is 26.2 Å². The van der Waals surface area contributed by atoms with E-state index in [-0.39, 0.29) is 31.0 Å². The molecule has 1 aromatic rings. The molecule has 0 aliphatic carbocycles. The van der Waals surface area contributed by atoms with Crippen LogP contribution >= 0.6 is 12.4 Å². The van der Waals surface area contributed by atoms with Crippen molar-refractivity contribution in [3.63, 3.8) is 0 Å². The smallest absolute Gasteiger partial charge is 0.314 e. The first-order valence-corrected chi connectivity index (χ1v) is 7.48. The van der Waals surface area contributed by atoms with Crippen LogP contribution < -0.4 is 5.32 Å². The molecule has 0 radical (unpaired) electrons. The van der Waals surface area contributed by atoms with Crippen molar-refractivity contribution in [1.82, 2.24) is 10.2 Å². The molecule has 0 bridgehead atoms. The van der Waals surface area contributed by atoms with Gasteiger partial charge in [-0.3, -0.25) is 4.90 Å². The Morgan fingerprint density at radius 2 is 1.60 bits per heavy atom. The van der Waals surface area contributed by atoms with Crippen LogP contribution in [0.2, 0.25) is 0 Å². The summed E-state index contributed by atoms with van der Waals surface area (Å²) in [6, 6.07) is -0.774. The molecule has 1 atom stereocenters. The summed E-state index contributed by atoms with van der Waals surface area (Å²) in [4.78, 5) is 1.66. The predicted octanol–water partition coefficient (Wildman–Crippen LogP) is 4.64. The van der Waals surface area contributed by atoms with E-state index in [2.05, 4.69) is 5.32 Å². The van der Waals surface area contributed by atoms with Crippen molar-refractivity contribution in [2.24, 2.45) is 0 Å². The van der Waals surface area contributed by atoms with Crippen LogP contribution in [0, 0.1) is 5.82 Å². The van der Waals surface area contributed by atoms with Crippen LogP contribution in [-0.4, -0.2) is 31.1 Å². The Bertz CT molecular complexity index is 580. The van der Waals surface area contributed by atoms with Gasteiger partial charge in [0, 0.05) is 37.8 Å². The third-order valence-corrected chi connectivity index (χ3v) is 4.07.